The smallest absolute Gasteiger partial charge is 0.303 e. The summed E-state index contributed by atoms with van der Waals surface area (Å²) < 4.78 is 1.99. The summed E-state index contributed by atoms with van der Waals surface area (Å²) in [5.41, 5.74) is 4.81. The van der Waals surface area contributed by atoms with Crippen LogP contribution in [-0.2, 0) is 4.79 Å². The van der Waals surface area contributed by atoms with Gasteiger partial charge < -0.3 is 10.0 Å². The van der Waals surface area contributed by atoms with Crippen molar-refractivity contribution in [3.05, 3.63) is 46.2 Å². The maximum atomic E-state index is 11.3. The molecule has 5 atom stereocenters. The number of aromatic nitrogens is 4. The predicted octanol–water partition coefficient (Wildman–Crippen LogP) is 5.50. The van der Waals surface area contributed by atoms with Crippen molar-refractivity contribution < 1.29 is 9.90 Å². The Labute approximate surface area is 230 Å². The van der Waals surface area contributed by atoms with Gasteiger partial charge in [-0.2, -0.15) is 5.10 Å². The largest absolute Gasteiger partial charge is 0.481 e. The average Bonchev–Trinajstić information content (AvgIpc) is 3.48. The van der Waals surface area contributed by atoms with E-state index in [1.807, 2.05) is 29.9 Å². The Hall–Kier alpha value is -2.71. The molecule has 5 rings (SSSR count). The van der Waals surface area contributed by atoms with E-state index in [1.54, 1.807) is 0 Å². The highest BCUT2D eigenvalue weighted by molar-refractivity contribution is 6.30. The molecular weight excluding hydrogens is 500 g/mol. The zero-order valence-corrected chi connectivity index (χ0v) is 23.8. The monoisotopic (exact) mass is 538 g/mol. The molecule has 2 aromatic heterocycles. The standard InChI is InChI=1S/C29H39ClN6O2/c1-17-13-22(30)8-9-23(17)21(5)36-29-28(20(4)33-36)31-15-26(32-29)34-12-10-25(19(3)16-34)35-11-6-7-24(35)18(2)14-27(37)38/h8-9,13,15,18-19,21,24-25H,6-7,10-12,14,16H2,1-5H3,(H,37,38). The number of aryl methyl sites for hydroxylation is 2. The van der Waals surface area contributed by atoms with Crippen molar-refractivity contribution >= 4 is 34.6 Å². The van der Waals surface area contributed by atoms with Crippen LogP contribution in [0.4, 0.5) is 5.82 Å². The van der Waals surface area contributed by atoms with E-state index in [0.717, 1.165) is 77.7 Å². The molecule has 2 fully saturated rings. The quantitative estimate of drug-likeness (QED) is 0.425. The lowest BCUT2D eigenvalue weighted by Gasteiger charge is -2.44. The summed E-state index contributed by atoms with van der Waals surface area (Å²) in [7, 11) is 0. The Morgan fingerprint density at radius 3 is 2.71 bits per heavy atom. The first kappa shape index (κ1) is 26.9. The number of carboxylic acid groups (broad SMARTS) is 1. The molecule has 5 unspecified atom stereocenters. The summed E-state index contributed by atoms with van der Waals surface area (Å²) in [6.07, 6.45) is 5.41. The topological polar surface area (TPSA) is 87.4 Å². The zero-order valence-electron chi connectivity index (χ0n) is 23.1. The number of benzene rings is 1. The fourth-order valence-electron chi connectivity index (χ4n) is 6.79. The number of halogens is 1. The van der Waals surface area contributed by atoms with Crippen molar-refractivity contribution in [1.82, 2.24) is 24.6 Å². The van der Waals surface area contributed by atoms with Crippen LogP contribution in [0.2, 0.25) is 5.02 Å². The highest BCUT2D eigenvalue weighted by atomic mass is 35.5. The van der Waals surface area contributed by atoms with Gasteiger partial charge in [-0.3, -0.25) is 9.69 Å². The van der Waals surface area contributed by atoms with Gasteiger partial charge >= 0.3 is 5.97 Å². The number of hydrogen-bond donors (Lipinski definition) is 1. The molecule has 3 aromatic rings. The van der Waals surface area contributed by atoms with Crippen molar-refractivity contribution in [2.24, 2.45) is 11.8 Å². The van der Waals surface area contributed by atoms with Gasteiger partial charge in [-0.15, -0.1) is 0 Å². The third-order valence-corrected chi connectivity index (χ3v) is 8.95. The Bertz CT molecular complexity index is 1330. The molecule has 0 aliphatic carbocycles. The first-order chi connectivity index (χ1) is 18.1. The van der Waals surface area contributed by atoms with E-state index in [1.165, 1.54) is 0 Å². The van der Waals surface area contributed by atoms with E-state index in [9.17, 15) is 9.90 Å². The Balaban J connectivity index is 1.36. The summed E-state index contributed by atoms with van der Waals surface area (Å²) in [6.45, 7) is 13.5. The van der Waals surface area contributed by atoms with Crippen LogP contribution in [0.15, 0.2) is 24.4 Å². The van der Waals surface area contributed by atoms with Crippen LogP contribution >= 0.6 is 11.6 Å². The SMILES string of the molecule is Cc1cc(Cl)ccc1C(C)n1nc(C)c2ncc(N3CCC(N4CCCC4C(C)CC(=O)O)C(C)C3)nc21. The molecule has 2 aliphatic heterocycles. The Kier molecular flexibility index (Phi) is 7.65. The number of carboxylic acids is 1. The number of likely N-dealkylation sites (tertiary alicyclic amines) is 1. The number of aliphatic carboxylic acids is 1. The van der Waals surface area contributed by atoms with Gasteiger partial charge in [-0.1, -0.05) is 31.5 Å². The van der Waals surface area contributed by atoms with E-state index in [-0.39, 0.29) is 18.4 Å². The normalized spacial score (nSPS) is 24.2. The first-order valence-electron chi connectivity index (χ1n) is 13.8. The molecule has 0 bridgehead atoms. The molecule has 8 nitrogen and oxygen atoms in total. The summed E-state index contributed by atoms with van der Waals surface area (Å²) in [5, 5.41) is 14.9. The van der Waals surface area contributed by atoms with Crippen molar-refractivity contribution in [1.29, 1.82) is 0 Å². The average molecular weight is 539 g/mol. The maximum Gasteiger partial charge on any atom is 0.303 e. The molecule has 204 valence electrons. The van der Waals surface area contributed by atoms with E-state index >= 15 is 0 Å². The Morgan fingerprint density at radius 2 is 2.00 bits per heavy atom. The van der Waals surface area contributed by atoms with Gasteiger partial charge in [-0.25, -0.2) is 14.6 Å². The minimum atomic E-state index is -0.698. The number of anilines is 1. The van der Waals surface area contributed by atoms with Gasteiger partial charge in [0, 0.05) is 36.6 Å². The zero-order chi connectivity index (χ0) is 27.1. The molecule has 0 saturated carbocycles. The molecule has 0 amide bonds. The molecule has 2 saturated heterocycles. The Morgan fingerprint density at radius 1 is 1.21 bits per heavy atom. The molecule has 38 heavy (non-hydrogen) atoms. The van der Waals surface area contributed by atoms with Gasteiger partial charge in [0.1, 0.15) is 11.3 Å². The molecule has 0 spiro atoms. The maximum absolute atomic E-state index is 11.3. The lowest BCUT2D eigenvalue weighted by atomic mass is 9.89. The molecule has 1 N–H and O–H groups in total. The van der Waals surface area contributed by atoms with Crippen molar-refractivity contribution in [3.63, 3.8) is 0 Å². The van der Waals surface area contributed by atoms with Crippen molar-refractivity contribution in [3.8, 4) is 0 Å². The lowest BCUT2D eigenvalue weighted by molar-refractivity contribution is -0.138. The summed E-state index contributed by atoms with van der Waals surface area (Å²) in [4.78, 5) is 26.2. The summed E-state index contributed by atoms with van der Waals surface area (Å²) >= 11 is 6.20. The van der Waals surface area contributed by atoms with E-state index < -0.39 is 5.97 Å². The van der Waals surface area contributed by atoms with Crippen molar-refractivity contribution in [2.45, 2.75) is 78.4 Å². The van der Waals surface area contributed by atoms with Gasteiger partial charge in [0.25, 0.3) is 0 Å². The molecule has 2 aliphatic rings. The molecule has 1 aromatic carbocycles. The van der Waals surface area contributed by atoms with Gasteiger partial charge in [-0.05, 0) is 81.7 Å². The fraction of sp³-hybridized carbons (Fsp3) is 0.586. The number of carbonyl (C=O) groups is 1. The molecule has 0 radical (unpaired) electrons. The molecule has 4 heterocycles. The summed E-state index contributed by atoms with van der Waals surface area (Å²) in [5.74, 6) is 0.807. The van der Waals surface area contributed by atoms with Crippen LogP contribution < -0.4 is 4.90 Å². The first-order valence-corrected chi connectivity index (χ1v) is 14.2. The van der Waals surface area contributed by atoms with Crippen LogP contribution in [0.1, 0.15) is 69.3 Å². The van der Waals surface area contributed by atoms with Crippen LogP contribution in [0.3, 0.4) is 0 Å². The van der Waals surface area contributed by atoms with Crippen LogP contribution in [0, 0.1) is 25.7 Å². The molecular formula is C29H39ClN6O2. The molecule has 9 heteroatoms. The highest BCUT2D eigenvalue weighted by Crippen LogP contribution is 2.35. The van der Waals surface area contributed by atoms with Crippen LogP contribution in [0.25, 0.3) is 11.2 Å². The van der Waals surface area contributed by atoms with Crippen molar-refractivity contribution in [2.75, 3.05) is 24.5 Å². The number of hydrogen-bond acceptors (Lipinski definition) is 6. The van der Waals surface area contributed by atoms with Gasteiger partial charge in [0.15, 0.2) is 5.65 Å². The predicted molar refractivity (Wildman–Crippen MR) is 151 cm³/mol. The minimum absolute atomic E-state index is 0.00225. The van der Waals surface area contributed by atoms with E-state index in [2.05, 4.69) is 43.6 Å². The number of rotatable bonds is 7. The second kappa shape index (κ2) is 10.8. The minimum Gasteiger partial charge on any atom is -0.481 e. The highest BCUT2D eigenvalue weighted by Gasteiger charge is 2.39. The number of fused-ring (bicyclic) bond motifs is 1. The third-order valence-electron chi connectivity index (χ3n) is 8.71. The van der Waals surface area contributed by atoms with Gasteiger partial charge in [0.05, 0.1) is 17.9 Å². The third kappa shape index (κ3) is 5.13. The fourth-order valence-corrected chi connectivity index (χ4v) is 7.01. The lowest BCUT2D eigenvalue weighted by Crippen LogP contribution is -2.53. The second-order valence-corrected chi connectivity index (χ2v) is 11.8. The van der Waals surface area contributed by atoms with Gasteiger partial charge in [0.2, 0.25) is 0 Å². The number of piperidine rings is 1. The van der Waals surface area contributed by atoms with E-state index in [4.69, 9.17) is 26.7 Å². The number of nitrogens with zero attached hydrogens (tertiary/aromatic N) is 6. The summed E-state index contributed by atoms with van der Waals surface area (Å²) in [6, 6.07) is 6.80. The second-order valence-electron chi connectivity index (χ2n) is 11.4. The van der Waals surface area contributed by atoms with Crippen LogP contribution in [0.5, 0.6) is 0 Å². The van der Waals surface area contributed by atoms with Crippen LogP contribution in [-0.4, -0.2) is 67.4 Å². The van der Waals surface area contributed by atoms with E-state index in [0.29, 0.717) is 18.0 Å².